The third-order valence-corrected chi connectivity index (χ3v) is 6.66. The number of carbonyl (C=O) groups is 1. The Balaban J connectivity index is 1.52. The van der Waals surface area contributed by atoms with Gasteiger partial charge in [-0.1, -0.05) is 32.0 Å². The van der Waals surface area contributed by atoms with Gasteiger partial charge in [-0.05, 0) is 48.7 Å². The van der Waals surface area contributed by atoms with Crippen molar-refractivity contribution in [2.75, 3.05) is 44.2 Å². The average molecular weight is 446 g/mol. The first-order chi connectivity index (χ1) is 14.8. The van der Waals surface area contributed by atoms with Crippen molar-refractivity contribution in [1.82, 2.24) is 9.62 Å². The van der Waals surface area contributed by atoms with Gasteiger partial charge in [-0.3, -0.25) is 4.79 Å². The lowest BCUT2D eigenvalue weighted by Crippen LogP contribution is -2.50. The molecule has 7 nitrogen and oxygen atoms in total. The van der Waals surface area contributed by atoms with Crippen LogP contribution in [0, 0.1) is 12.8 Å². The van der Waals surface area contributed by atoms with Gasteiger partial charge in [0.25, 0.3) is 5.91 Å². The van der Waals surface area contributed by atoms with Crippen LogP contribution in [0.2, 0.25) is 0 Å². The summed E-state index contributed by atoms with van der Waals surface area (Å²) < 4.78 is 33.1. The Morgan fingerprint density at radius 1 is 1.06 bits per heavy atom. The van der Waals surface area contributed by atoms with E-state index in [1.165, 1.54) is 11.8 Å². The molecule has 1 saturated heterocycles. The van der Waals surface area contributed by atoms with Crippen molar-refractivity contribution in [3.8, 4) is 5.75 Å². The molecule has 1 amide bonds. The molecule has 0 aliphatic carbocycles. The van der Waals surface area contributed by atoms with Crippen molar-refractivity contribution in [2.24, 2.45) is 5.92 Å². The molecule has 0 spiro atoms. The van der Waals surface area contributed by atoms with Crippen molar-refractivity contribution in [2.45, 2.75) is 25.7 Å². The van der Waals surface area contributed by atoms with Gasteiger partial charge in [0.05, 0.1) is 4.90 Å². The van der Waals surface area contributed by atoms with E-state index in [0.717, 1.165) is 13.1 Å². The van der Waals surface area contributed by atoms with Crippen LogP contribution in [0.1, 0.15) is 19.4 Å². The van der Waals surface area contributed by atoms with Gasteiger partial charge in [-0.2, -0.15) is 0 Å². The third kappa shape index (κ3) is 6.21. The summed E-state index contributed by atoms with van der Waals surface area (Å²) in [6.45, 7) is 8.85. The van der Waals surface area contributed by atoms with Crippen molar-refractivity contribution in [1.29, 1.82) is 0 Å². The third-order valence-electron chi connectivity index (χ3n) is 5.24. The van der Waals surface area contributed by atoms with Gasteiger partial charge in [0.2, 0.25) is 10.0 Å². The highest BCUT2D eigenvalue weighted by atomic mass is 32.2. The summed E-state index contributed by atoms with van der Waals surface area (Å²) >= 11 is 0. The summed E-state index contributed by atoms with van der Waals surface area (Å²) in [6, 6.07) is 14.9. The SMILES string of the molecule is Cc1cc(S(=O)(=O)NCC(C)C)ccc1OCC(=O)N1CCN(c2ccccc2)CC1. The van der Waals surface area contributed by atoms with Gasteiger partial charge >= 0.3 is 0 Å². The summed E-state index contributed by atoms with van der Waals surface area (Å²) in [5, 5.41) is 0. The first-order valence-corrected chi connectivity index (χ1v) is 12.1. The van der Waals surface area contributed by atoms with Gasteiger partial charge < -0.3 is 14.5 Å². The number of sulfonamides is 1. The fourth-order valence-corrected chi connectivity index (χ4v) is 4.69. The summed E-state index contributed by atoms with van der Waals surface area (Å²) in [5.74, 6) is 0.667. The molecule has 0 aromatic heterocycles. The largest absolute Gasteiger partial charge is 0.483 e. The normalized spacial score (nSPS) is 14.7. The minimum atomic E-state index is -3.56. The summed E-state index contributed by atoms with van der Waals surface area (Å²) in [7, 11) is -3.56. The zero-order valence-corrected chi connectivity index (χ0v) is 19.2. The van der Waals surface area contributed by atoms with E-state index >= 15 is 0 Å². The number of para-hydroxylation sites is 1. The second-order valence-electron chi connectivity index (χ2n) is 8.17. The smallest absolute Gasteiger partial charge is 0.260 e. The molecule has 2 aromatic rings. The molecule has 0 unspecified atom stereocenters. The van der Waals surface area contributed by atoms with Crippen LogP contribution >= 0.6 is 0 Å². The number of amides is 1. The number of carbonyl (C=O) groups excluding carboxylic acids is 1. The van der Waals surface area contributed by atoms with Crippen molar-refractivity contribution >= 4 is 21.6 Å². The maximum Gasteiger partial charge on any atom is 0.260 e. The predicted molar refractivity (Wildman–Crippen MR) is 122 cm³/mol. The van der Waals surface area contributed by atoms with Crippen LogP contribution in [0.25, 0.3) is 0 Å². The summed E-state index contributed by atoms with van der Waals surface area (Å²) in [4.78, 5) is 16.8. The zero-order chi connectivity index (χ0) is 22.4. The molecule has 0 saturated carbocycles. The van der Waals surface area contributed by atoms with Gasteiger partial charge in [0.1, 0.15) is 5.75 Å². The number of benzene rings is 2. The second kappa shape index (κ2) is 10.2. The summed E-state index contributed by atoms with van der Waals surface area (Å²) in [5.41, 5.74) is 1.84. The van der Waals surface area contributed by atoms with E-state index in [-0.39, 0.29) is 23.3 Å². The number of rotatable bonds is 8. The van der Waals surface area contributed by atoms with Crippen molar-refractivity contribution in [3.05, 3.63) is 54.1 Å². The van der Waals surface area contributed by atoms with E-state index in [2.05, 4.69) is 21.8 Å². The summed E-state index contributed by atoms with van der Waals surface area (Å²) in [6.07, 6.45) is 0. The van der Waals surface area contributed by atoms with E-state index in [9.17, 15) is 13.2 Å². The van der Waals surface area contributed by atoms with E-state index < -0.39 is 10.0 Å². The Hall–Kier alpha value is -2.58. The molecule has 0 radical (unpaired) electrons. The fraction of sp³-hybridized carbons (Fsp3) is 0.435. The fourth-order valence-electron chi connectivity index (χ4n) is 3.39. The lowest BCUT2D eigenvalue weighted by molar-refractivity contribution is -0.133. The van der Waals surface area contributed by atoms with Crippen LogP contribution in [-0.4, -0.2) is 58.6 Å². The number of ether oxygens (including phenoxy) is 1. The van der Waals surface area contributed by atoms with Crippen molar-refractivity contribution in [3.63, 3.8) is 0 Å². The highest BCUT2D eigenvalue weighted by Gasteiger charge is 2.22. The number of piperazine rings is 1. The first-order valence-electron chi connectivity index (χ1n) is 10.6. The average Bonchev–Trinajstić information content (AvgIpc) is 2.77. The lowest BCUT2D eigenvalue weighted by Gasteiger charge is -2.36. The van der Waals surface area contributed by atoms with E-state index in [1.54, 1.807) is 19.1 Å². The van der Waals surface area contributed by atoms with Crippen molar-refractivity contribution < 1.29 is 17.9 Å². The molecule has 1 fully saturated rings. The minimum Gasteiger partial charge on any atom is -0.483 e. The Kier molecular flexibility index (Phi) is 7.56. The maximum absolute atomic E-state index is 12.6. The number of hydrogen-bond acceptors (Lipinski definition) is 5. The molecule has 8 heteroatoms. The monoisotopic (exact) mass is 445 g/mol. The first kappa shape index (κ1) is 23.1. The second-order valence-corrected chi connectivity index (χ2v) is 9.93. The van der Waals surface area contributed by atoms with Crippen LogP contribution < -0.4 is 14.4 Å². The number of hydrogen-bond donors (Lipinski definition) is 1. The molecular weight excluding hydrogens is 414 g/mol. The molecular formula is C23H31N3O4S. The molecule has 3 rings (SSSR count). The molecule has 2 aromatic carbocycles. The zero-order valence-electron chi connectivity index (χ0n) is 18.4. The van der Waals surface area contributed by atoms with Gasteiger partial charge in [0.15, 0.2) is 6.61 Å². The molecule has 31 heavy (non-hydrogen) atoms. The van der Waals surface area contributed by atoms with Crippen LogP contribution in [0.3, 0.4) is 0 Å². The Bertz CT molecular complexity index is 985. The standard InChI is InChI=1S/C23H31N3O4S/c1-18(2)16-24-31(28,29)21-9-10-22(19(3)15-21)30-17-23(27)26-13-11-25(12-14-26)20-7-5-4-6-8-20/h4-10,15,18,24H,11-14,16-17H2,1-3H3. The van der Waals surface area contributed by atoms with E-state index in [1.807, 2.05) is 36.9 Å². The highest BCUT2D eigenvalue weighted by Crippen LogP contribution is 2.22. The molecule has 1 aliphatic rings. The quantitative estimate of drug-likeness (QED) is 0.676. The van der Waals surface area contributed by atoms with Crippen LogP contribution in [0.5, 0.6) is 5.75 Å². The van der Waals surface area contributed by atoms with E-state index in [0.29, 0.717) is 30.9 Å². The predicted octanol–water partition coefficient (Wildman–Crippen LogP) is 2.66. The van der Waals surface area contributed by atoms with Crippen LogP contribution in [0.4, 0.5) is 5.69 Å². The van der Waals surface area contributed by atoms with Crippen LogP contribution in [0.15, 0.2) is 53.4 Å². The molecule has 0 bridgehead atoms. The molecule has 168 valence electrons. The molecule has 0 atom stereocenters. The maximum atomic E-state index is 12.6. The number of nitrogens with one attached hydrogen (secondary N) is 1. The number of anilines is 1. The van der Waals surface area contributed by atoms with Gasteiger partial charge in [0, 0.05) is 38.4 Å². The number of aryl methyl sites for hydroxylation is 1. The van der Waals surface area contributed by atoms with E-state index in [4.69, 9.17) is 4.74 Å². The molecule has 1 aliphatic heterocycles. The number of nitrogens with zero attached hydrogens (tertiary/aromatic N) is 2. The van der Waals surface area contributed by atoms with Crippen LogP contribution in [-0.2, 0) is 14.8 Å². The lowest BCUT2D eigenvalue weighted by atomic mass is 10.2. The molecule has 1 N–H and O–H groups in total. The topological polar surface area (TPSA) is 78.9 Å². The van der Waals surface area contributed by atoms with Gasteiger partial charge in [-0.25, -0.2) is 13.1 Å². The van der Waals surface area contributed by atoms with Gasteiger partial charge in [-0.15, -0.1) is 0 Å². The molecule has 1 heterocycles. The Morgan fingerprint density at radius 2 is 1.74 bits per heavy atom. The minimum absolute atomic E-state index is 0.0656. The Morgan fingerprint density at radius 3 is 2.35 bits per heavy atom. The Labute approximate surface area is 185 Å². The highest BCUT2D eigenvalue weighted by molar-refractivity contribution is 7.89.